The molecule has 0 aliphatic carbocycles. The molecule has 288 valence electrons. The van der Waals surface area contributed by atoms with Gasteiger partial charge in [0.05, 0.1) is 0 Å². The van der Waals surface area contributed by atoms with Gasteiger partial charge in [-0.15, -0.1) is 0 Å². The Labute approximate surface area is 309 Å². The maximum Gasteiger partial charge on any atom is 0.414 e. The van der Waals surface area contributed by atoms with Crippen molar-refractivity contribution in [1.29, 1.82) is 0 Å². The minimum atomic E-state index is -0.823. The highest BCUT2D eigenvalue weighted by Gasteiger charge is 2.23. The highest BCUT2D eigenvalue weighted by molar-refractivity contribution is 6.31. The number of amides is 4. The average Bonchev–Trinajstić information content (AvgIpc) is 2.86. The average molecular weight is 764 g/mol. The quantitative estimate of drug-likeness (QED) is 0.105. The van der Waals surface area contributed by atoms with Gasteiger partial charge in [0.2, 0.25) is 28.4 Å². The highest BCUT2D eigenvalue weighted by atomic mass is 35.5. The van der Waals surface area contributed by atoms with Crippen molar-refractivity contribution < 1.29 is 38.1 Å². The Morgan fingerprint density at radius 2 is 0.824 bits per heavy atom. The third-order valence-corrected chi connectivity index (χ3v) is 5.38. The Hall–Kier alpha value is -4.19. The van der Waals surface area contributed by atoms with Gasteiger partial charge in [0.1, 0.15) is 22.4 Å². The van der Waals surface area contributed by atoms with Crippen LogP contribution < -0.4 is 26.2 Å². The van der Waals surface area contributed by atoms with Crippen molar-refractivity contribution in [3.63, 3.8) is 0 Å². The summed E-state index contributed by atoms with van der Waals surface area (Å²) in [6, 6.07) is 0. The molecule has 18 nitrogen and oxygen atoms in total. The van der Waals surface area contributed by atoms with Crippen LogP contribution in [0.1, 0.15) is 95.9 Å². The molecule has 0 spiro atoms. The number of nitrogens with zero attached hydrogens (tertiary/aromatic N) is 6. The molecule has 1 heterocycles. The van der Waals surface area contributed by atoms with Crippen LogP contribution in [0.4, 0.5) is 25.1 Å². The highest BCUT2D eigenvalue weighted by Crippen LogP contribution is 2.15. The predicted octanol–water partition coefficient (Wildman–Crippen LogP) is 5.58. The van der Waals surface area contributed by atoms with E-state index in [0.717, 1.165) is 0 Å². The van der Waals surface area contributed by atoms with E-state index in [9.17, 15) is 19.2 Å². The summed E-state index contributed by atoms with van der Waals surface area (Å²) < 4.78 is 21.1. The summed E-state index contributed by atoms with van der Waals surface area (Å²) in [5, 5.41) is 9.48. The summed E-state index contributed by atoms with van der Waals surface area (Å²) in [6.45, 7) is 21.2. The second kappa shape index (κ2) is 19.4. The van der Waals surface area contributed by atoms with Crippen LogP contribution in [0.15, 0.2) is 9.98 Å². The molecule has 20 heteroatoms. The number of rotatable bonds is 9. The summed E-state index contributed by atoms with van der Waals surface area (Å²) in [5.41, 5.74) is -3.18. The van der Waals surface area contributed by atoms with Crippen LogP contribution in [-0.4, -0.2) is 99.8 Å². The van der Waals surface area contributed by atoms with E-state index in [2.05, 4.69) is 46.2 Å². The smallest absolute Gasteiger partial charge is 0.414 e. The van der Waals surface area contributed by atoms with Crippen LogP contribution in [0, 0.1) is 0 Å². The molecule has 0 aromatic carbocycles. The Kier molecular flexibility index (Phi) is 17.1. The van der Waals surface area contributed by atoms with Gasteiger partial charge in [-0.25, -0.2) is 19.2 Å². The van der Waals surface area contributed by atoms with E-state index in [1.165, 1.54) is 0 Å². The lowest BCUT2D eigenvalue weighted by Crippen LogP contribution is -2.47. The number of hydrogen-bond acceptors (Lipinski definition) is 14. The Balaban J connectivity index is 3.14. The van der Waals surface area contributed by atoms with Gasteiger partial charge in [0.25, 0.3) is 0 Å². The minimum absolute atomic E-state index is 0.117. The molecule has 0 fully saturated rings. The zero-order valence-electron chi connectivity index (χ0n) is 31.4. The van der Waals surface area contributed by atoms with Crippen LogP contribution in [0.3, 0.4) is 0 Å². The standard InChI is InChI=1S/C31H52Cl2N10O8/c1-28(2,3)48-24(44)39-21(40-25(45)49-29(4,5)6)34-15-13-17-43(23-37-19(32)36-20(33)38-23)18-14-16-35-22(41-26(46)50-30(7,8)9)42-27(47)51-31(10,11)12/h13-18H2,1-12H3,(H2,34,39,40,44,45)(H2,35,41,42,46,47). The molecule has 0 aliphatic heterocycles. The van der Waals surface area contributed by atoms with E-state index in [-0.39, 0.29) is 41.5 Å². The number of carbonyl (C=O) groups is 4. The molecule has 1 aromatic rings. The Bertz CT molecular complexity index is 1250. The summed E-state index contributed by atoms with van der Waals surface area (Å²) >= 11 is 12.1. The lowest BCUT2D eigenvalue weighted by molar-refractivity contribution is 0.0521. The molecule has 51 heavy (non-hydrogen) atoms. The van der Waals surface area contributed by atoms with E-state index in [4.69, 9.17) is 42.1 Å². The van der Waals surface area contributed by atoms with Gasteiger partial charge >= 0.3 is 24.4 Å². The number of guanidine groups is 2. The summed E-state index contributed by atoms with van der Waals surface area (Å²) in [4.78, 5) is 72.3. The number of nitrogens with one attached hydrogen (secondary N) is 4. The predicted molar refractivity (Wildman–Crippen MR) is 193 cm³/mol. The summed E-state index contributed by atoms with van der Waals surface area (Å²) in [6.07, 6.45) is -2.56. The van der Waals surface area contributed by atoms with Crippen molar-refractivity contribution in [1.82, 2.24) is 36.2 Å². The van der Waals surface area contributed by atoms with E-state index < -0.39 is 46.8 Å². The van der Waals surface area contributed by atoms with Crippen molar-refractivity contribution in [3.05, 3.63) is 10.6 Å². The molecular weight excluding hydrogens is 711 g/mol. The number of ether oxygens (including phenoxy) is 4. The second-order valence-corrected chi connectivity index (χ2v) is 15.5. The number of aromatic nitrogens is 3. The fourth-order valence-corrected chi connectivity index (χ4v) is 3.85. The topological polar surface area (TPSA) is 220 Å². The molecule has 0 bridgehead atoms. The maximum atomic E-state index is 12.4. The molecule has 1 rings (SSSR count). The fourth-order valence-electron chi connectivity index (χ4n) is 3.50. The Morgan fingerprint density at radius 3 is 1.08 bits per heavy atom. The van der Waals surface area contributed by atoms with Crippen molar-refractivity contribution >= 4 is 65.4 Å². The monoisotopic (exact) mass is 762 g/mol. The molecule has 0 radical (unpaired) electrons. The first-order valence-corrected chi connectivity index (χ1v) is 16.9. The largest absolute Gasteiger partial charge is 0.444 e. The molecule has 4 amide bonds. The number of aliphatic imine (C=N–C) groups is 2. The molecule has 0 aliphatic rings. The van der Waals surface area contributed by atoms with Crippen molar-refractivity contribution in [2.75, 3.05) is 31.1 Å². The number of anilines is 1. The molecule has 4 N–H and O–H groups in total. The number of halogens is 2. The van der Waals surface area contributed by atoms with E-state index >= 15 is 0 Å². The van der Waals surface area contributed by atoms with Crippen LogP contribution in [0.2, 0.25) is 10.6 Å². The fraction of sp³-hybridized carbons (Fsp3) is 0.710. The van der Waals surface area contributed by atoms with Gasteiger partial charge in [0, 0.05) is 26.2 Å². The minimum Gasteiger partial charge on any atom is -0.444 e. The molecule has 0 saturated carbocycles. The second-order valence-electron chi connectivity index (χ2n) is 14.8. The molecule has 0 atom stereocenters. The lowest BCUT2D eigenvalue weighted by atomic mass is 10.2. The maximum absolute atomic E-state index is 12.4. The first-order chi connectivity index (χ1) is 23.2. The summed E-state index contributed by atoms with van der Waals surface area (Å²) in [5.74, 6) is -0.174. The van der Waals surface area contributed by atoms with Crippen molar-refractivity contribution in [3.8, 4) is 0 Å². The van der Waals surface area contributed by atoms with Crippen LogP contribution in [-0.2, 0) is 18.9 Å². The normalized spacial score (nSPS) is 11.7. The van der Waals surface area contributed by atoms with E-state index in [1.807, 2.05) is 0 Å². The SMILES string of the molecule is CC(C)(C)OC(=O)NC(=NCCCN(CCCN=C(NC(=O)OC(C)(C)C)NC(=O)OC(C)(C)C)c1nc(Cl)nc(Cl)n1)NC(=O)OC(C)(C)C. The van der Waals surface area contributed by atoms with Crippen molar-refractivity contribution in [2.24, 2.45) is 9.98 Å². The van der Waals surface area contributed by atoms with Gasteiger partial charge in [-0.3, -0.25) is 31.3 Å². The zero-order valence-corrected chi connectivity index (χ0v) is 33.0. The van der Waals surface area contributed by atoms with E-state index in [0.29, 0.717) is 25.9 Å². The molecule has 0 saturated heterocycles. The van der Waals surface area contributed by atoms with Gasteiger partial charge in [-0.1, -0.05) is 0 Å². The van der Waals surface area contributed by atoms with Crippen LogP contribution in [0.5, 0.6) is 0 Å². The van der Waals surface area contributed by atoms with Gasteiger partial charge in [-0.2, -0.15) is 15.0 Å². The third kappa shape index (κ3) is 23.0. The van der Waals surface area contributed by atoms with Crippen LogP contribution in [0.25, 0.3) is 0 Å². The third-order valence-electron chi connectivity index (χ3n) is 5.04. The Morgan fingerprint density at radius 1 is 0.549 bits per heavy atom. The van der Waals surface area contributed by atoms with Gasteiger partial charge in [-0.05, 0) is 119 Å². The first kappa shape index (κ1) is 44.8. The van der Waals surface area contributed by atoms with E-state index in [1.54, 1.807) is 88.0 Å². The van der Waals surface area contributed by atoms with Crippen LogP contribution >= 0.6 is 23.2 Å². The summed E-state index contributed by atoms with van der Waals surface area (Å²) in [7, 11) is 0. The number of hydrogen-bond donors (Lipinski definition) is 4. The van der Waals surface area contributed by atoms with Gasteiger partial charge < -0.3 is 23.8 Å². The molecular formula is C31H52Cl2N10O8. The first-order valence-electron chi connectivity index (χ1n) is 16.1. The number of alkyl carbamates (subject to hydrolysis) is 4. The van der Waals surface area contributed by atoms with Gasteiger partial charge in [0.15, 0.2) is 0 Å². The zero-order chi connectivity index (χ0) is 39.2. The number of carbonyl (C=O) groups excluding carboxylic acids is 4. The lowest BCUT2D eigenvalue weighted by Gasteiger charge is -2.23. The molecule has 0 unspecified atom stereocenters. The van der Waals surface area contributed by atoms with Crippen molar-refractivity contribution in [2.45, 2.75) is 118 Å². The molecule has 1 aromatic heterocycles.